The van der Waals surface area contributed by atoms with Crippen LogP contribution in [0.25, 0.3) is 77.5 Å². The highest BCUT2D eigenvalue weighted by Crippen LogP contribution is 2.44. The molecule has 2 aromatic heterocycles. The quantitative estimate of drug-likeness (QED) is 0.179. The van der Waals surface area contributed by atoms with Gasteiger partial charge in [-0.25, -0.2) is 4.98 Å². The van der Waals surface area contributed by atoms with Crippen molar-refractivity contribution in [2.24, 2.45) is 0 Å². The molecule has 0 fully saturated rings. The largest absolute Gasteiger partial charge is 0.456 e. The van der Waals surface area contributed by atoms with E-state index < -0.39 is 0 Å². The normalized spacial score (nSPS) is 11.5. The minimum absolute atomic E-state index is 0.601. The summed E-state index contributed by atoms with van der Waals surface area (Å²) >= 11 is 0. The molecule has 10 rings (SSSR count). The zero-order valence-corrected chi connectivity index (χ0v) is 27.5. The molecule has 0 aliphatic heterocycles. The fraction of sp³-hybridized carbons (Fsp3) is 0. The lowest BCUT2D eigenvalue weighted by molar-refractivity contribution is 0.620. The number of oxazole rings is 1. The first-order valence-electron chi connectivity index (χ1n) is 17.1. The van der Waals surface area contributed by atoms with E-state index in [2.05, 4.69) is 138 Å². The van der Waals surface area contributed by atoms with Gasteiger partial charge in [0, 0.05) is 45.2 Å². The third-order valence-corrected chi connectivity index (χ3v) is 9.70. The Labute approximate surface area is 294 Å². The Morgan fingerprint density at radius 1 is 0.373 bits per heavy atom. The highest BCUT2D eigenvalue weighted by Gasteiger charge is 2.20. The van der Waals surface area contributed by atoms with Gasteiger partial charge in [-0.1, -0.05) is 121 Å². The number of fused-ring (bicyclic) bond motifs is 5. The van der Waals surface area contributed by atoms with Gasteiger partial charge in [0.25, 0.3) is 0 Å². The highest BCUT2D eigenvalue weighted by atomic mass is 16.4. The summed E-state index contributed by atoms with van der Waals surface area (Å²) < 4.78 is 12.8. The van der Waals surface area contributed by atoms with Gasteiger partial charge < -0.3 is 13.7 Å². The first kappa shape index (κ1) is 29.0. The molecule has 0 radical (unpaired) electrons. The average Bonchev–Trinajstić information content (AvgIpc) is 3.78. The first-order valence-corrected chi connectivity index (χ1v) is 17.1. The predicted octanol–water partition coefficient (Wildman–Crippen LogP) is 13.4. The van der Waals surface area contributed by atoms with Gasteiger partial charge in [0.05, 0.1) is 5.69 Å². The van der Waals surface area contributed by atoms with Gasteiger partial charge >= 0.3 is 0 Å². The van der Waals surface area contributed by atoms with Crippen molar-refractivity contribution in [1.82, 2.24) is 4.98 Å². The summed E-state index contributed by atoms with van der Waals surface area (Å²) in [5.41, 5.74) is 11.9. The van der Waals surface area contributed by atoms with Gasteiger partial charge in [-0.3, -0.25) is 0 Å². The van der Waals surface area contributed by atoms with E-state index in [4.69, 9.17) is 13.8 Å². The Morgan fingerprint density at radius 2 is 0.980 bits per heavy atom. The molecular weight excluding hydrogens is 625 g/mol. The standard InChI is InChI=1S/C47H30N2O2/c1-4-12-31(13-5-1)32-20-22-35(23-21-32)49(43-27-26-37(33-14-6-2-7-15-33)38-18-10-11-19-39(38)43)36-24-25-40-41-29-46-42(30-45(41)50-44(40)28-36)48-47(51-46)34-16-8-3-9-17-34/h1-30H. The molecule has 0 spiro atoms. The molecule has 4 heteroatoms. The van der Waals surface area contributed by atoms with Gasteiger partial charge in [-0.2, -0.15) is 0 Å². The predicted molar refractivity (Wildman–Crippen MR) is 210 cm³/mol. The zero-order valence-electron chi connectivity index (χ0n) is 27.5. The van der Waals surface area contributed by atoms with Crippen molar-refractivity contribution in [3.63, 3.8) is 0 Å². The third kappa shape index (κ3) is 5.04. The molecule has 51 heavy (non-hydrogen) atoms. The molecule has 4 nitrogen and oxygen atoms in total. The number of furan rings is 1. The topological polar surface area (TPSA) is 42.4 Å². The van der Waals surface area contributed by atoms with Crippen molar-refractivity contribution in [2.45, 2.75) is 0 Å². The lowest BCUT2D eigenvalue weighted by Gasteiger charge is -2.27. The van der Waals surface area contributed by atoms with Crippen LogP contribution in [0.1, 0.15) is 0 Å². The molecule has 0 amide bonds. The molecule has 8 aromatic carbocycles. The molecule has 0 saturated carbocycles. The Balaban J connectivity index is 1.13. The van der Waals surface area contributed by atoms with Crippen LogP contribution < -0.4 is 4.90 Å². The first-order chi connectivity index (χ1) is 25.3. The lowest BCUT2D eigenvalue weighted by Crippen LogP contribution is -2.10. The van der Waals surface area contributed by atoms with E-state index in [0.717, 1.165) is 61.1 Å². The number of nitrogens with zero attached hydrogens (tertiary/aromatic N) is 2. The molecule has 0 unspecified atom stereocenters. The fourth-order valence-corrected chi connectivity index (χ4v) is 7.24. The van der Waals surface area contributed by atoms with Crippen LogP contribution in [0.15, 0.2) is 191 Å². The summed E-state index contributed by atoms with van der Waals surface area (Å²) in [6.07, 6.45) is 0. The summed E-state index contributed by atoms with van der Waals surface area (Å²) in [5.74, 6) is 0.601. The van der Waals surface area contributed by atoms with E-state index in [0.29, 0.717) is 5.89 Å². The Bertz CT molecular complexity index is 2840. The molecule has 0 atom stereocenters. The lowest BCUT2D eigenvalue weighted by atomic mass is 9.96. The summed E-state index contributed by atoms with van der Waals surface area (Å²) in [6, 6.07) is 63.5. The van der Waals surface area contributed by atoms with Crippen LogP contribution in [0.5, 0.6) is 0 Å². The smallest absolute Gasteiger partial charge is 0.227 e. The van der Waals surface area contributed by atoms with Gasteiger partial charge in [0.1, 0.15) is 16.7 Å². The van der Waals surface area contributed by atoms with Crippen molar-refractivity contribution in [3.05, 3.63) is 182 Å². The molecule has 0 bridgehead atoms. The van der Waals surface area contributed by atoms with Crippen LogP contribution in [0.4, 0.5) is 17.1 Å². The minimum Gasteiger partial charge on any atom is -0.456 e. The average molecular weight is 655 g/mol. The molecule has 2 heterocycles. The van der Waals surface area contributed by atoms with Crippen molar-refractivity contribution in [1.29, 1.82) is 0 Å². The van der Waals surface area contributed by atoms with E-state index in [1.165, 1.54) is 27.6 Å². The Hall–Kier alpha value is -6.91. The van der Waals surface area contributed by atoms with Crippen LogP contribution in [0.3, 0.4) is 0 Å². The second-order valence-electron chi connectivity index (χ2n) is 12.8. The Morgan fingerprint density at radius 3 is 1.73 bits per heavy atom. The van der Waals surface area contributed by atoms with Crippen molar-refractivity contribution in [2.75, 3.05) is 4.90 Å². The van der Waals surface area contributed by atoms with Gasteiger partial charge in [0.2, 0.25) is 5.89 Å². The monoisotopic (exact) mass is 654 g/mol. The van der Waals surface area contributed by atoms with E-state index in [1.54, 1.807) is 0 Å². The molecular formula is C47H30N2O2. The molecule has 240 valence electrons. The summed E-state index contributed by atoms with van der Waals surface area (Å²) in [7, 11) is 0. The van der Waals surface area contributed by atoms with Crippen LogP contribution in [-0.4, -0.2) is 4.98 Å². The second kappa shape index (κ2) is 11.9. The maximum Gasteiger partial charge on any atom is 0.227 e. The number of anilines is 3. The maximum absolute atomic E-state index is 6.57. The van der Waals surface area contributed by atoms with Crippen LogP contribution in [0, 0.1) is 0 Å². The van der Waals surface area contributed by atoms with Gasteiger partial charge in [-0.05, 0) is 76.2 Å². The minimum atomic E-state index is 0.601. The summed E-state index contributed by atoms with van der Waals surface area (Å²) in [5, 5.41) is 4.38. The van der Waals surface area contributed by atoms with E-state index in [9.17, 15) is 0 Å². The Kier molecular flexibility index (Phi) is 6.78. The summed E-state index contributed by atoms with van der Waals surface area (Å²) in [6.45, 7) is 0. The van der Waals surface area contributed by atoms with Gasteiger partial charge in [-0.15, -0.1) is 0 Å². The number of hydrogen-bond donors (Lipinski definition) is 0. The molecule has 0 N–H and O–H groups in total. The molecule has 10 aromatic rings. The van der Waals surface area contributed by atoms with Crippen molar-refractivity contribution >= 4 is 60.9 Å². The van der Waals surface area contributed by atoms with E-state index in [-0.39, 0.29) is 0 Å². The number of hydrogen-bond acceptors (Lipinski definition) is 4. The van der Waals surface area contributed by atoms with E-state index in [1.807, 2.05) is 48.5 Å². The SMILES string of the molecule is c1ccc(-c2ccc(N(c3ccc4c(c3)oc3cc5nc(-c6ccccc6)oc5cc34)c3ccc(-c4ccccc4)c4ccccc34)cc2)cc1. The number of benzene rings is 8. The highest BCUT2D eigenvalue weighted by molar-refractivity contribution is 6.11. The number of rotatable bonds is 6. The van der Waals surface area contributed by atoms with Crippen molar-refractivity contribution in [3.8, 4) is 33.7 Å². The maximum atomic E-state index is 6.57. The number of aromatic nitrogens is 1. The molecule has 0 saturated heterocycles. The summed E-state index contributed by atoms with van der Waals surface area (Å²) in [4.78, 5) is 7.11. The van der Waals surface area contributed by atoms with Gasteiger partial charge in [0.15, 0.2) is 5.58 Å². The van der Waals surface area contributed by atoms with Crippen molar-refractivity contribution < 1.29 is 8.83 Å². The fourth-order valence-electron chi connectivity index (χ4n) is 7.24. The zero-order chi connectivity index (χ0) is 33.7. The molecule has 0 aliphatic rings. The van der Waals surface area contributed by atoms with Crippen LogP contribution in [0.2, 0.25) is 0 Å². The second-order valence-corrected chi connectivity index (χ2v) is 12.8. The van der Waals surface area contributed by atoms with Crippen LogP contribution >= 0.6 is 0 Å². The van der Waals surface area contributed by atoms with Crippen LogP contribution in [-0.2, 0) is 0 Å². The molecule has 0 aliphatic carbocycles. The van der Waals surface area contributed by atoms with E-state index >= 15 is 0 Å². The third-order valence-electron chi connectivity index (χ3n) is 9.70.